The molecule has 1 fully saturated rings. The number of amides is 1. The minimum Gasteiger partial charge on any atom is -0.336 e. The van der Waals surface area contributed by atoms with Gasteiger partial charge < -0.3 is 10.2 Å². The van der Waals surface area contributed by atoms with Crippen molar-refractivity contribution in [3.63, 3.8) is 0 Å². The third-order valence-corrected chi connectivity index (χ3v) is 4.84. The monoisotopic (exact) mass is 336 g/mol. The normalized spacial score (nSPS) is 17.1. The van der Waals surface area contributed by atoms with Crippen molar-refractivity contribution < 1.29 is 4.79 Å². The number of benzene rings is 1. The van der Waals surface area contributed by atoms with E-state index in [9.17, 15) is 4.79 Å². The Morgan fingerprint density at radius 1 is 1.32 bits per heavy atom. The third kappa shape index (κ3) is 2.66. The molecule has 0 unspecified atom stereocenters. The van der Waals surface area contributed by atoms with Crippen molar-refractivity contribution >= 4 is 16.8 Å². The maximum Gasteiger partial charge on any atom is 0.276 e. The smallest absolute Gasteiger partial charge is 0.276 e. The van der Waals surface area contributed by atoms with Crippen LogP contribution in [0.3, 0.4) is 0 Å². The number of carbonyl (C=O) groups excluding carboxylic acids is 1. The number of para-hydroxylation sites is 1. The molecule has 25 heavy (non-hydrogen) atoms. The van der Waals surface area contributed by atoms with Gasteiger partial charge in [-0.05, 0) is 32.0 Å². The van der Waals surface area contributed by atoms with Crippen LogP contribution in [0.4, 0.5) is 0 Å². The van der Waals surface area contributed by atoms with Gasteiger partial charge >= 0.3 is 0 Å². The van der Waals surface area contributed by atoms with E-state index in [1.54, 1.807) is 15.8 Å². The van der Waals surface area contributed by atoms with Crippen LogP contribution in [-0.4, -0.2) is 57.0 Å². The molecule has 1 saturated heterocycles. The van der Waals surface area contributed by atoms with Gasteiger partial charge in [0, 0.05) is 31.2 Å². The second-order valence-electron chi connectivity index (χ2n) is 6.35. The minimum atomic E-state index is -0.0920. The van der Waals surface area contributed by atoms with Crippen LogP contribution in [0, 0.1) is 6.92 Å². The van der Waals surface area contributed by atoms with E-state index in [2.05, 4.69) is 20.6 Å². The Morgan fingerprint density at radius 2 is 2.16 bits per heavy atom. The molecule has 0 aliphatic carbocycles. The average Bonchev–Trinajstić information content (AvgIpc) is 3.30. The lowest BCUT2D eigenvalue weighted by Crippen LogP contribution is -2.38. The lowest BCUT2D eigenvalue weighted by atomic mass is 10.2. The van der Waals surface area contributed by atoms with Gasteiger partial charge in [0.05, 0.1) is 16.9 Å². The highest BCUT2D eigenvalue weighted by Gasteiger charge is 2.28. The van der Waals surface area contributed by atoms with Gasteiger partial charge in [0.2, 0.25) is 0 Å². The minimum absolute atomic E-state index is 0.0920. The maximum atomic E-state index is 12.8. The van der Waals surface area contributed by atoms with Gasteiger partial charge in [-0.2, -0.15) is 0 Å². The van der Waals surface area contributed by atoms with Gasteiger partial charge in [-0.1, -0.05) is 23.4 Å². The first-order chi connectivity index (χ1) is 12.2. The Bertz CT molecular complexity index is 923. The molecule has 0 spiro atoms. The third-order valence-electron chi connectivity index (χ3n) is 4.84. The second kappa shape index (κ2) is 6.25. The van der Waals surface area contributed by atoms with Gasteiger partial charge in [-0.25, -0.2) is 4.68 Å². The molecule has 0 radical (unpaired) electrons. The van der Waals surface area contributed by atoms with Crippen molar-refractivity contribution in [1.29, 1.82) is 0 Å². The summed E-state index contributed by atoms with van der Waals surface area (Å²) in [7, 11) is 1.83. The summed E-state index contributed by atoms with van der Waals surface area (Å²) in [6.07, 6.45) is 2.72. The second-order valence-corrected chi connectivity index (χ2v) is 6.35. The highest BCUT2D eigenvalue weighted by atomic mass is 16.2. The van der Waals surface area contributed by atoms with E-state index in [0.717, 1.165) is 41.8 Å². The molecule has 4 rings (SSSR count). The fourth-order valence-corrected chi connectivity index (χ4v) is 3.32. The topological polar surface area (TPSA) is 75.9 Å². The van der Waals surface area contributed by atoms with Crippen molar-refractivity contribution in [3.8, 4) is 5.69 Å². The van der Waals surface area contributed by atoms with E-state index < -0.39 is 0 Å². The first-order valence-electron chi connectivity index (χ1n) is 8.41. The molecule has 0 saturated carbocycles. The van der Waals surface area contributed by atoms with Crippen molar-refractivity contribution in [2.24, 2.45) is 0 Å². The molecular formula is C18H20N6O. The van der Waals surface area contributed by atoms with E-state index in [1.165, 1.54) is 0 Å². The summed E-state index contributed by atoms with van der Waals surface area (Å²) < 4.78 is 1.70. The number of aromatic nitrogens is 4. The van der Waals surface area contributed by atoms with Gasteiger partial charge in [0.15, 0.2) is 5.69 Å². The molecule has 7 nitrogen and oxygen atoms in total. The summed E-state index contributed by atoms with van der Waals surface area (Å²) in [6, 6.07) is 10.0. The zero-order chi connectivity index (χ0) is 17.4. The van der Waals surface area contributed by atoms with Gasteiger partial charge in [-0.15, -0.1) is 5.10 Å². The van der Waals surface area contributed by atoms with Crippen LogP contribution in [0.5, 0.6) is 0 Å². The van der Waals surface area contributed by atoms with Gasteiger partial charge in [-0.3, -0.25) is 9.78 Å². The molecular weight excluding hydrogens is 316 g/mol. The van der Waals surface area contributed by atoms with Crippen LogP contribution in [-0.2, 0) is 0 Å². The van der Waals surface area contributed by atoms with E-state index in [4.69, 9.17) is 0 Å². The molecule has 3 heterocycles. The fraction of sp³-hybridized carbons (Fsp3) is 0.333. The number of fused-ring (bicyclic) bond motifs is 1. The predicted molar refractivity (Wildman–Crippen MR) is 94.8 cm³/mol. The Morgan fingerprint density at radius 3 is 2.96 bits per heavy atom. The number of hydrogen-bond donors (Lipinski definition) is 1. The van der Waals surface area contributed by atoms with E-state index in [0.29, 0.717) is 5.69 Å². The van der Waals surface area contributed by atoms with Gasteiger partial charge in [0.25, 0.3) is 5.91 Å². The number of likely N-dealkylation sites (N-methyl/N-ethyl adjacent to an activating group) is 1. The van der Waals surface area contributed by atoms with Crippen LogP contribution in [0.25, 0.3) is 16.6 Å². The molecule has 1 aromatic carbocycles. The lowest BCUT2D eigenvalue weighted by Gasteiger charge is -2.22. The SMILES string of the molecule is Cc1c(C(=O)N(C)[C@H]2CCNC2)nnn1-c1cccc2cccnc12. The molecule has 1 atom stereocenters. The Hall–Kier alpha value is -2.80. The molecule has 0 bridgehead atoms. The van der Waals surface area contributed by atoms with Crippen LogP contribution >= 0.6 is 0 Å². The highest BCUT2D eigenvalue weighted by molar-refractivity contribution is 5.94. The average molecular weight is 336 g/mol. The summed E-state index contributed by atoms with van der Waals surface area (Å²) >= 11 is 0. The number of nitrogens with one attached hydrogen (secondary N) is 1. The number of nitrogens with zero attached hydrogens (tertiary/aromatic N) is 5. The molecule has 3 aromatic rings. The van der Waals surface area contributed by atoms with E-state index in [-0.39, 0.29) is 11.9 Å². The zero-order valence-corrected chi connectivity index (χ0v) is 14.3. The standard InChI is InChI=1S/C18H20N6O/c1-12-16(18(25)23(2)14-8-10-19-11-14)21-22-24(12)15-7-3-5-13-6-4-9-20-17(13)15/h3-7,9,14,19H,8,10-11H2,1-2H3/t14-/m0/s1. The molecule has 7 heteroatoms. The molecule has 1 N–H and O–H groups in total. The number of hydrogen-bond acceptors (Lipinski definition) is 5. The number of rotatable bonds is 3. The summed E-state index contributed by atoms with van der Waals surface area (Å²) in [5, 5.41) is 12.7. The lowest BCUT2D eigenvalue weighted by molar-refractivity contribution is 0.0737. The van der Waals surface area contributed by atoms with Gasteiger partial charge in [0.1, 0.15) is 0 Å². The quantitative estimate of drug-likeness (QED) is 0.785. The number of pyridine rings is 1. The highest BCUT2D eigenvalue weighted by Crippen LogP contribution is 2.22. The molecule has 128 valence electrons. The first kappa shape index (κ1) is 15.7. The predicted octanol–water partition coefficient (Wildman–Crippen LogP) is 1.56. The van der Waals surface area contributed by atoms with Crippen molar-refractivity contribution in [2.75, 3.05) is 20.1 Å². The van der Waals surface area contributed by atoms with Crippen molar-refractivity contribution in [1.82, 2.24) is 30.2 Å². The molecule has 1 amide bonds. The zero-order valence-electron chi connectivity index (χ0n) is 14.3. The summed E-state index contributed by atoms with van der Waals surface area (Å²) in [5.74, 6) is -0.0920. The molecule has 1 aliphatic heterocycles. The summed E-state index contributed by atoms with van der Waals surface area (Å²) in [6.45, 7) is 3.63. The van der Waals surface area contributed by atoms with Crippen LogP contribution in [0.15, 0.2) is 36.5 Å². The Labute approximate surface area is 145 Å². The Balaban J connectivity index is 1.72. The van der Waals surface area contributed by atoms with Crippen LogP contribution in [0.2, 0.25) is 0 Å². The van der Waals surface area contributed by atoms with E-state index in [1.807, 2.05) is 44.3 Å². The summed E-state index contributed by atoms with van der Waals surface area (Å²) in [5.41, 5.74) is 2.78. The molecule has 1 aliphatic rings. The first-order valence-corrected chi connectivity index (χ1v) is 8.41. The van der Waals surface area contributed by atoms with Crippen molar-refractivity contribution in [2.45, 2.75) is 19.4 Å². The maximum absolute atomic E-state index is 12.8. The fourth-order valence-electron chi connectivity index (χ4n) is 3.32. The van der Waals surface area contributed by atoms with Crippen molar-refractivity contribution in [3.05, 3.63) is 47.9 Å². The largest absolute Gasteiger partial charge is 0.336 e. The summed E-state index contributed by atoms with van der Waals surface area (Å²) in [4.78, 5) is 19.1. The molecule has 2 aromatic heterocycles. The Kier molecular flexibility index (Phi) is 3.93. The number of carbonyl (C=O) groups is 1. The van der Waals surface area contributed by atoms with E-state index >= 15 is 0 Å². The van der Waals surface area contributed by atoms with Crippen LogP contribution in [0.1, 0.15) is 22.6 Å². The van der Waals surface area contributed by atoms with Crippen LogP contribution < -0.4 is 5.32 Å².